The molecule has 0 spiro atoms. The van der Waals surface area contributed by atoms with Crippen LogP contribution in [0.2, 0.25) is 0 Å². The summed E-state index contributed by atoms with van der Waals surface area (Å²) < 4.78 is 0. The Morgan fingerprint density at radius 3 is 2.55 bits per heavy atom. The number of aryl methyl sites for hydroxylation is 3. The van der Waals surface area contributed by atoms with E-state index in [1.165, 1.54) is 16.8 Å². The van der Waals surface area contributed by atoms with E-state index in [0.29, 0.717) is 5.91 Å². The SMILES string of the molecule is Cc1ccc(C)c(N2CCN(C(=O)C3CCCN(c4nccc(C)n4)C3)CC2)c1. The molecule has 1 atom stereocenters. The van der Waals surface area contributed by atoms with Gasteiger partial charge in [-0.25, -0.2) is 9.97 Å². The Morgan fingerprint density at radius 2 is 1.79 bits per heavy atom. The van der Waals surface area contributed by atoms with Crippen LogP contribution in [0.15, 0.2) is 30.5 Å². The van der Waals surface area contributed by atoms with Gasteiger partial charge in [0.1, 0.15) is 0 Å². The number of piperidine rings is 1. The number of carbonyl (C=O) groups excluding carboxylic acids is 1. The van der Waals surface area contributed by atoms with Crippen LogP contribution in [0, 0.1) is 26.7 Å². The third-order valence-electron chi connectivity index (χ3n) is 6.13. The van der Waals surface area contributed by atoms with E-state index in [1.54, 1.807) is 6.20 Å². The van der Waals surface area contributed by atoms with Gasteiger partial charge in [0.25, 0.3) is 0 Å². The Labute approximate surface area is 173 Å². The summed E-state index contributed by atoms with van der Waals surface area (Å²) in [7, 11) is 0. The predicted molar refractivity (Wildman–Crippen MR) is 116 cm³/mol. The van der Waals surface area contributed by atoms with Crippen LogP contribution < -0.4 is 9.80 Å². The first-order chi connectivity index (χ1) is 14.0. The molecule has 1 aromatic heterocycles. The Balaban J connectivity index is 1.37. The molecule has 1 aromatic carbocycles. The lowest BCUT2D eigenvalue weighted by atomic mass is 9.96. The molecule has 1 amide bonds. The number of nitrogens with zero attached hydrogens (tertiary/aromatic N) is 5. The summed E-state index contributed by atoms with van der Waals surface area (Å²) in [6.45, 7) is 11.3. The molecule has 29 heavy (non-hydrogen) atoms. The highest BCUT2D eigenvalue weighted by Gasteiger charge is 2.32. The summed E-state index contributed by atoms with van der Waals surface area (Å²) >= 11 is 0. The van der Waals surface area contributed by atoms with E-state index >= 15 is 0 Å². The van der Waals surface area contributed by atoms with E-state index in [4.69, 9.17) is 0 Å². The zero-order valence-corrected chi connectivity index (χ0v) is 17.8. The molecular weight excluding hydrogens is 362 g/mol. The maximum Gasteiger partial charge on any atom is 0.227 e. The minimum Gasteiger partial charge on any atom is -0.368 e. The molecule has 0 aliphatic carbocycles. The van der Waals surface area contributed by atoms with E-state index in [9.17, 15) is 4.79 Å². The van der Waals surface area contributed by atoms with E-state index in [1.807, 2.05) is 13.0 Å². The molecule has 1 unspecified atom stereocenters. The maximum absolute atomic E-state index is 13.2. The van der Waals surface area contributed by atoms with Gasteiger partial charge < -0.3 is 14.7 Å². The van der Waals surface area contributed by atoms with Crippen LogP contribution in [0.5, 0.6) is 0 Å². The summed E-state index contributed by atoms with van der Waals surface area (Å²) in [5.74, 6) is 1.09. The lowest BCUT2D eigenvalue weighted by Gasteiger charge is -2.40. The quantitative estimate of drug-likeness (QED) is 0.802. The van der Waals surface area contributed by atoms with Crippen LogP contribution in [0.4, 0.5) is 11.6 Å². The Hall–Kier alpha value is -2.63. The zero-order chi connectivity index (χ0) is 20.4. The Bertz CT molecular complexity index is 875. The first-order valence-electron chi connectivity index (χ1n) is 10.7. The lowest BCUT2D eigenvalue weighted by molar-refractivity contribution is -0.136. The van der Waals surface area contributed by atoms with E-state index in [-0.39, 0.29) is 5.92 Å². The van der Waals surface area contributed by atoms with Crippen LogP contribution in [0.25, 0.3) is 0 Å². The van der Waals surface area contributed by atoms with Gasteiger partial charge >= 0.3 is 0 Å². The molecule has 2 saturated heterocycles. The van der Waals surface area contributed by atoms with Crippen LogP contribution in [0.1, 0.15) is 29.7 Å². The molecule has 6 nitrogen and oxygen atoms in total. The first-order valence-corrected chi connectivity index (χ1v) is 10.7. The third kappa shape index (κ3) is 4.36. The highest BCUT2D eigenvalue weighted by Crippen LogP contribution is 2.25. The van der Waals surface area contributed by atoms with E-state index in [0.717, 1.165) is 63.8 Å². The molecule has 2 aromatic rings. The van der Waals surface area contributed by atoms with Gasteiger partial charge in [-0.15, -0.1) is 0 Å². The molecule has 154 valence electrons. The second-order valence-corrected chi connectivity index (χ2v) is 8.39. The third-order valence-corrected chi connectivity index (χ3v) is 6.13. The van der Waals surface area contributed by atoms with Crippen molar-refractivity contribution in [2.24, 2.45) is 5.92 Å². The van der Waals surface area contributed by atoms with Crippen LogP contribution in [0.3, 0.4) is 0 Å². The number of anilines is 2. The van der Waals surface area contributed by atoms with Crippen molar-refractivity contribution < 1.29 is 4.79 Å². The second-order valence-electron chi connectivity index (χ2n) is 8.39. The van der Waals surface area contributed by atoms with Crippen LogP contribution in [-0.2, 0) is 4.79 Å². The largest absolute Gasteiger partial charge is 0.368 e. The van der Waals surface area contributed by atoms with E-state index < -0.39 is 0 Å². The topological polar surface area (TPSA) is 52.6 Å². The van der Waals surface area contributed by atoms with Gasteiger partial charge in [-0.1, -0.05) is 12.1 Å². The summed E-state index contributed by atoms with van der Waals surface area (Å²) in [6.07, 6.45) is 3.77. The van der Waals surface area contributed by atoms with Crippen molar-refractivity contribution in [2.45, 2.75) is 33.6 Å². The molecule has 0 saturated carbocycles. The Kier molecular flexibility index (Phi) is 5.69. The molecule has 2 aliphatic heterocycles. The minimum absolute atomic E-state index is 0.0418. The zero-order valence-electron chi connectivity index (χ0n) is 17.8. The number of piperazine rings is 1. The Morgan fingerprint density at radius 1 is 1.00 bits per heavy atom. The number of amides is 1. The second kappa shape index (κ2) is 8.39. The maximum atomic E-state index is 13.2. The molecule has 2 fully saturated rings. The fourth-order valence-corrected chi connectivity index (χ4v) is 4.43. The van der Waals surface area contributed by atoms with Crippen molar-refractivity contribution in [3.63, 3.8) is 0 Å². The fraction of sp³-hybridized carbons (Fsp3) is 0.522. The van der Waals surface area contributed by atoms with Gasteiger partial charge in [0.2, 0.25) is 11.9 Å². The average Bonchev–Trinajstić information content (AvgIpc) is 2.75. The standard InChI is InChI=1S/C23H31N5O/c1-17-6-7-18(2)21(15-17)26-11-13-27(14-12-26)22(29)20-5-4-10-28(16-20)23-24-9-8-19(3)25-23/h6-9,15,20H,4-5,10-14,16H2,1-3H3. The molecule has 3 heterocycles. The number of rotatable bonds is 3. The number of hydrogen-bond acceptors (Lipinski definition) is 5. The van der Waals surface area contributed by atoms with E-state index in [2.05, 4.69) is 56.7 Å². The van der Waals surface area contributed by atoms with Crippen LogP contribution >= 0.6 is 0 Å². The number of benzene rings is 1. The monoisotopic (exact) mass is 393 g/mol. The average molecular weight is 394 g/mol. The summed E-state index contributed by atoms with van der Waals surface area (Å²) in [4.78, 5) is 28.8. The highest BCUT2D eigenvalue weighted by atomic mass is 16.2. The minimum atomic E-state index is 0.0418. The van der Waals surface area contributed by atoms with Crippen molar-refractivity contribution in [1.29, 1.82) is 0 Å². The lowest BCUT2D eigenvalue weighted by Crippen LogP contribution is -2.53. The molecule has 0 radical (unpaired) electrons. The first kappa shape index (κ1) is 19.7. The number of hydrogen-bond donors (Lipinski definition) is 0. The van der Waals surface area contributed by atoms with Crippen molar-refractivity contribution in [1.82, 2.24) is 14.9 Å². The number of aromatic nitrogens is 2. The summed E-state index contributed by atoms with van der Waals surface area (Å²) in [5.41, 5.74) is 4.85. The molecule has 0 N–H and O–H groups in total. The van der Waals surface area contributed by atoms with Gasteiger partial charge in [-0.2, -0.15) is 0 Å². The van der Waals surface area contributed by atoms with Crippen molar-refractivity contribution >= 4 is 17.5 Å². The molecule has 4 rings (SSSR count). The molecule has 6 heteroatoms. The highest BCUT2D eigenvalue weighted by molar-refractivity contribution is 5.80. The van der Waals surface area contributed by atoms with Gasteiger partial charge in [0.15, 0.2) is 0 Å². The van der Waals surface area contributed by atoms with Gasteiger partial charge in [0, 0.05) is 56.8 Å². The normalized spacial score (nSPS) is 20.1. The van der Waals surface area contributed by atoms with Crippen molar-refractivity contribution in [3.05, 3.63) is 47.3 Å². The smallest absolute Gasteiger partial charge is 0.227 e. The van der Waals surface area contributed by atoms with Gasteiger partial charge in [-0.3, -0.25) is 4.79 Å². The molecular formula is C23H31N5O. The van der Waals surface area contributed by atoms with Gasteiger partial charge in [-0.05, 0) is 56.9 Å². The predicted octanol–water partition coefficient (Wildman–Crippen LogP) is 2.97. The fourth-order valence-electron chi connectivity index (χ4n) is 4.43. The van der Waals surface area contributed by atoms with Crippen molar-refractivity contribution in [3.8, 4) is 0 Å². The summed E-state index contributed by atoms with van der Waals surface area (Å²) in [6, 6.07) is 8.51. The van der Waals surface area contributed by atoms with Crippen LogP contribution in [-0.4, -0.2) is 60.0 Å². The van der Waals surface area contributed by atoms with Gasteiger partial charge in [0.05, 0.1) is 5.92 Å². The molecule has 0 bridgehead atoms. The molecule has 2 aliphatic rings. The van der Waals surface area contributed by atoms with Crippen molar-refractivity contribution in [2.75, 3.05) is 49.1 Å². The summed E-state index contributed by atoms with van der Waals surface area (Å²) in [5, 5.41) is 0. The number of carbonyl (C=O) groups is 1.